The molecule has 5 nitrogen and oxygen atoms in total. The molecule has 0 bridgehead atoms. The Morgan fingerprint density at radius 3 is 2.50 bits per heavy atom. The number of alkyl halides is 2. The molecule has 0 unspecified atom stereocenters. The number of aliphatic hydroxyl groups is 1. The van der Waals surface area contributed by atoms with E-state index in [2.05, 4.69) is 5.32 Å². The number of nitrogens with zero attached hydrogens (tertiary/aromatic N) is 1. The Kier molecular flexibility index (Phi) is 4.42. The van der Waals surface area contributed by atoms with E-state index in [1.54, 1.807) is 0 Å². The molecule has 1 fully saturated rings. The molecule has 1 aromatic carbocycles. The fourth-order valence-corrected chi connectivity index (χ4v) is 2.49. The maximum absolute atomic E-state index is 14.1. The van der Waals surface area contributed by atoms with Crippen molar-refractivity contribution in [2.24, 2.45) is 0 Å². The van der Waals surface area contributed by atoms with Gasteiger partial charge in [-0.25, -0.2) is 8.78 Å². The van der Waals surface area contributed by atoms with Gasteiger partial charge < -0.3 is 20.6 Å². The van der Waals surface area contributed by atoms with E-state index in [9.17, 15) is 19.0 Å². The molecule has 112 valence electrons. The van der Waals surface area contributed by atoms with Gasteiger partial charge in [0.05, 0.1) is 0 Å². The van der Waals surface area contributed by atoms with Crippen molar-refractivity contribution < 1.29 is 24.1 Å². The molecule has 20 heavy (non-hydrogen) atoms. The zero-order valence-electron chi connectivity index (χ0n) is 10.9. The second-order valence-electron chi connectivity index (χ2n) is 4.82. The van der Waals surface area contributed by atoms with Crippen molar-refractivity contribution >= 4 is 0 Å². The van der Waals surface area contributed by atoms with Crippen molar-refractivity contribution in [3.8, 4) is 11.5 Å². The Labute approximate surface area is 115 Å². The van der Waals surface area contributed by atoms with E-state index in [1.165, 1.54) is 23.1 Å². The highest BCUT2D eigenvalue weighted by Crippen LogP contribution is 2.42. The molecule has 7 heteroatoms. The number of phenols is 2. The van der Waals surface area contributed by atoms with Gasteiger partial charge >= 0.3 is 0 Å². The van der Waals surface area contributed by atoms with Crippen LogP contribution in [0.5, 0.6) is 11.5 Å². The summed E-state index contributed by atoms with van der Waals surface area (Å²) in [5.41, 5.74) is -0.0778. The monoisotopic (exact) mass is 288 g/mol. The summed E-state index contributed by atoms with van der Waals surface area (Å²) >= 11 is 0. The number of phenolic OH excluding ortho intramolecular Hbond substituents is 2. The maximum Gasteiger partial charge on any atom is 0.290 e. The number of para-hydroxylation sites is 1. The molecule has 1 heterocycles. The molecule has 0 aromatic heterocycles. The van der Waals surface area contributed by atoms with E-state index in [1.807, 2.05) is 0 Å². The topological polar surface area (TPSA) is 76.0 Å². The number of halogens is 2. The maximum atomic E-state index is 14.1. The van der Waals surface area contributed by atoms with Crippen molar-refractivity contribution in [2.45, 2.75) is 12.0 Å². The van der Waals surface area contributed by atoms with Crippen LogP contribution < -0.4 is 5.32 Å². The summed E-state index contributed by atoms with van der Waals surface area (Å²) in [6, 6.07) is 2.49. The van der Waals surface area contributed by atoms with Gasteiger partial charge in [-0.05, 0) is 6.07 Å². The van der Waals surface area contributed by atoms with E-state index in [0.717, 1.165) is 0 Å². The molecule has 1 aliphatic heterocycles. The minimum Gasteiger partial charge on any atom is -0.504 e. The van der Waals surface area contributed by atoms with E-state index >= 15 is 0 Å². The van der Waals surface area contributed by atoms with Crippen LogP contribution in [0.2, 0.25) is 0 Å². The van der Waals surface area contributed by atoms with Gasteiger partial charge in [-0.3, -0.25) is 4.90 Å². The Morgan fingerprint density at radius 1 is 1.25 bits per heavy atom. The summed E-state index contributed by atoms with van der Waals surface area (Å²) in [5, 5.41) is 31.4. The fourth-order valence-electron chi connectivity index (χ4n) is 2.49. The first-order valence-corrected chi connectivity index (χ1v) is 6.41. The lowest BCUT2D eigenvalue weighted by Crippen LogP contribution is -2.51. The normalized spacial score (nSPS) is 18.9. The second-order valence-corrected chi connectivity index (χ2v) is 4.82. The highest BCUT2D eigenvalue weighted by Gasteiger charge is 2.45. The second kappa shape index (κ2) is 5.90. The minimum atomic E-state index is -3.41. The van der Waals surface area contributed by atoms with Crippen LogP contribution in [0, 0.1) is 0 Å². The van der Waals surface area contributed by atoms with Crippen LogP contribution >= 0.6 is 0 Å². The van der Waals surface area contributed by atoms with Gasteiger partial charge in [0.2, 0.25) is 0 Å². The molecule has 4 N–H and O–H groups in total. The summed E-state index contributed by atoms with van der Waals surface area (Å²) in [7, 11) is 0. The molecule has 1 aliphatic rings. The Bertz CT molecular complexity index is 465. The lowest BCUT2D eigenvalue weighted by atomic mass is 9.97. The molecule has 1 aromatic rings. The van der Waals surface area contributed by atoms with Crippen LogP contribution in [0.25, 0.3) is 0 Å². The third-order valence-corrected chi connectivity index (χ3v) is 3.47. The van der Waals surface area contributed by atoms with Gasteiger partial charge in [0.25, 0.3) is 5.92 Å². The molecule has 1 saturated heterocycles. The van der Waals surface area contributed by atoms with Crippen molar-refractivity contribution in [3.05, 3.63) is 23.8 Å². The highest BCUT2D eigenvalue weighted by atomic mass is 19.3. The van der Waals surface area contributed by atoms with Crippen molar-refractivity contribution in [1.82, 2.24) is 10.2 Å². The van der Waals surface area contributed by atoms with Crippen LogP contribution in [0.15, 0.2) is 18.2 Å². The van der Waals surface area contributed by atoms with Crippen molar-refractivity contribution in [1.29, 1.82) is 0 Å². The minimum absolute atomic E-state index is 0.0778. The lowest BCUT2D eigenvalue weighted by molar-refractivity contribution is -0.119. The predicted octanol–water partition coefficient (Wildman–Crippen LogP) is 0.672. The van der Waals surface area contributed by atoms with Gasteiger partial charge in [0, 0.05) is 31.7 Å². The zero-order valence-corrected chi connectivity index (χ0v) is 10.9. The quantitative estimate of drug-likeness (QED) is 0.613. The van der Waals surface area contributed by atoms with Gasteiger partial charge in [-0.1, -0.05) is 12.1 Å². The molecule has 0 amide bonds. The van der Waals surface area contributed by atoms with Gasteiger partial charge in [0.15, 0.2) is 11.5 Å². The van der Waals surface area contributed by atoms with Crippen molar-refractivity contribution in [2.75, 3.05) is 32.8 Å². The number of aliphatic hydroxyl groups excluding tert-OH is 1. The third-order valence-electron chi connectivity index (χ3n) is 3.47. The zero-order chi connectivity index (χ0) is 14.8. The summed E-state index contributed by atoms with van der Waals surface area (Å²) in [6.45, 7) is 0.524. The van der Waals surface area contributed by atoms with Crippen LogP contribution in [0.3, 0.4) is 0 Å². The summed E-state index contributed by atoms with van der Waals surface area (Å²) < 4.78 is 28.2. The third kappa shape index (κ3) is 2.84. The van der Waals surface area contributed by atoms with Gasteiger partial charge in [-0.2, -0.15) is 0 Å². The van der Waals surface area contributed by atoms with Gasteiger partial charge in [-0.15, -0.1) is 0 Å². The van der Waals surface area contributed by atoms with Crippen LogP contribution in [-0.4, -0.2) is 58.9 Å². The molecule has 0 saturated carbocycles. The number of aromatic hydroxyl groups is 2. The SMILES string of the molecule is OCC(F)(F)[C@@H](c1cccc(O)c1O)N1CCNCC1. The summed E-state index contributed by atoms with van der Waals surface area (Å²) in [5.74, 6) is -4.43. The van der Waals surface area contributed by atoms with Crippen LogP contribution in [0.4, 0.5) is 8.78 Å². The Balaban J connectivity index is 2.42. The smallest absolute Gasteiger partial charge is 0.290 e. The molecule has 0 radical (unpaired) electrons. The van der Waals surface area contributed by atoms with Crippen LogP contribution in [0.1, 0.15) is 11.6 Å². The number of nitrogens with one attached hydrogen (secondary N) is 1. The molecule has 0 spiro atoms. The molecule has 0 aliphatic carbocycles. The number of piperazine rings is 1. The van der Waals surface area contributed by atoms with Gasteiger partial charge in [0.1, 0.15) is 12.6 Å². The highest BCUT2D eigenvalue weighted by molar-refractivity contribution is 5.46. The summed E-state index contributed by atoms with van der Waals surface area (Å²) in [6.07, 6.45) is 0. The molecular weight excluding hydrogens is 270 g/mol. The predicted molar refractivity (Wildman–Crippen MR) is 69.0 cm³/mol. The number of hydrogen-bond donors (Lipinski definition) is 4. The first-order valence-electron chi connectivity index (χ1n) is 6.41. The van der Waals surface area contributed by atoms with E-state index < -0.39 is 30.1 Å². The van der Waals surface area contributed by atoms with Crippen LogP contribution in [-0.2, 0) is 0 Å². The first-order chi connectivity index (χ1) is 9.47. The first kappa shape index (κ1) is 15.0. The Hall–Kier alpha value is -1.44. The average Bonchev–Trinajstić information content (AvgIpc) is 2.45. The molecular formula is C13H18F2N2O3. The number of rotatable bonds is 4. The van der Waals surface area contributed by atoms with E-state index in [4.69, 9.17) is 5.11 Å². The Morgan fingerprint density at radius 2 is 1.90 bits per heavy atom. The average molecular weight is 288 g/mol. The van der Waals surface area contributed by atoms with Crippen molar-refractivity contribution in [3.63, 3.8) is 0 Å². The molecule has 2 rings (SSSR count). The van der Waals surface area contributed by atoms with E-state index in [-0.39, 0.29) is 5.56 Å². The molecule has 1 atom stereocenters. The fraction of sp³-hybridized carbons (Fsp3) is 0.538. The number of hydrogen-bond acceptors (Lipinski definition) is 5. The van der Waals surface area contributed by atoms with E-state index in [0.29, 0.717) is 26.2 Å². The standard InChI is InChI=1S/C13H18F2N2O3/c14-13(15,8-18)12(17-6-4-16-5-7-17)9-2-1-3-10(19)11(9)20/h1-3,12,16,18-20H,4-8H2/t12-/m1/s1. The largest absolute Gasteiger partial charge is 0.504 e. The lowest BCUT2D eigenvalue weighted by Gasteiger charge is -2.38. The summed E-state index contributed by atoms with van der Waals surface area (Å²) in [4.78, 5) is 1.50. The number of benzene rings is 1.